The maximum absolute atomic E-state index is 14.0. The summed E-state index contributed by atoms with van der Waals surface area (Å²) in [6.07, 6.45) is 18.0. The van der Waals surface area contributed by atoms with Gasteiger partial charge in [0.25, 0.3) is 0 Å². The van der Waals surface area contributed by atoms with Crippen LogP contribution < -0.4 is 38.8 Å². The highest BCUT2D eigenvalue weighted by molar-refractivity contribution is 5.77. The summed E-state index contributed by atoms with van der Waals surface area (Å²) in [5.41, 5.74) is 1.88. The molecule has 0 aliphatic carbocycles. The van der Waals surface area contributed by atoms with E-state index < -0.39 is 69.9 Å². The highest BCUT2D eigenvalue weighted by Crippen LogP contribution is 2.28. The minimum Gasteiger partial charge on any atom is -0.461 e. The van der Waals surface area contributed by atoms with Crippen LogP contribution in [0.4, 0.5) is 14.4 Å². The molecule has 3 rings (SSSR count). The van der Waals surface area contributed by atoms with Crippen molar-refractivity contribution in [3.8, 4) is 0 Å². The van der Waals surface area contributed by atoms with E-state index in [1.807, 2.05) is 41.5 Å². The molecular formula is C67H121N9O15. The molecule has 2 aliphatic rings. The maximum Gasteiger partial charge on any atom is 0.407 e. The van der Waals surface area contributed by atoms with Gasteiger partial charge in [-0.15, -0.1) is 0 Å². The number of esters is 3. The van der Waals surface area contributed by atoms with Crippen LogP contribution in [0.2, 0.25) is 0 Å². The summed E-state index contributed by atoms with van der Waals surface area (Å²) in [5.74, 6) is -0.967. The van der Waals surface area contributed by atoms with E-state index in [4.69, 9.17) is 34.2 Å². The number of unbranched alkanes of at least 4 members (excludes halogenated alkanes) is 18. The first-order valence-corrected chi connectivity index (χ1v) is 34.9. The molecule has 0 saturated carbocycles. The van der Waals surface area contributed by atoms with Crippen LogP contribution >= 0.6 is 0 Å². The fourth-order valence-corrected chi connectivity index (χ4v) is 10.5. The van der Waals surface area contributed by atoms with E-state index in [-0.39, 0.29) is 63.9 Å². The molecule has 0 radical (unpaired) electrons. The molecule has 0 aromatic carbocycles. The molecule has 3 atom stereocenters. The molecule has 0 bridgehead atoms. The fraction of sp³-hybridized carbons (Fsp3) is 0.866. The molecule has 2 saturated heterocycles. The van der Waals surface area contributed by atoms with Gasteiger partial charge in [-0.3, -0.25) is 24.2 Å². The lowest BCUT2D eigenvalue weighted by atomic mass is 9.87. The van der Waals surface area contributed by atoms with Gasteiger partial charge in [0.15, 0.2) is 12.2 Å². The average Bonchev–Trinajstić information content (AvgIpc) is 1.78. The van der Waals surface area contributed by atoms with Gasteiger partial charge in [-0.25, -0.2) is 42.5 Å². The highest BCUT2D eigenvalue weighted by atomic mass is 16.6. The van der Waals surface area contributed by atoms with E-state index in [1.54, 1.807) is 0 Å². The first-order chi connectivity index (χ1) is 43.5. The summed E-state index contributed by atoms with van der Waals surface area (Å²) in [4.78, 5) is 123. The zero-order valence-electron chi connectivity index (χ0n) is 57.6. The smallest absolute Gasteiger partial charge is 0.407 e. The molecular weight excluding hydrogens is 1170 g/mol. The van der Waals surface area contributed by atoms with Crippen LogP contribution in [0.15, 0.2) is 14.4 Å². The SMILES string of the molecule is CCCCCCC(C)(C)C(=O)OCC(CN)OC(=O)NCCCCCCn1c(=O)n(CCCCCCNC(=O)OC(COC(=O)C(C)(C)CCCCCC)CN2CC2)c(=O)n(CCCCCCNC(=O)OC(COC(=O)C(C)(C)CCCCCC)CN2CC2)c1=O. The number of aromatic nitrogens is 3. The van der Waals surface area contributed by atoms with Crippen molar-refractivity contribution in [1.29, 1.82) is 0 Å². The van der Waals surface area contributed by atoms with Gasteiger partial charge in [0.2, 0.25) is 0 Å². The number of amides is 3. The average molecular weight is 1290 g/mol. The second-order valence-electron chi connectivity index (χ2n) is 27.1. The first kappa shape index (κ1) is 79.7. The predicted molar refractivity (Wildman–Crippen MR) is 352 cm³/mol. The van der Waals surface area contributed by atoms with Crippen molar-refractivity contribution in [1.82, 2.24) is 39.5 Å². The van der Waals surface area contributed by atoms with Crippen LogP contribution in [-0.2, 0) is 62.4 Å². The largest absolute Gasteiger partial charge is 0.461 e. The zero-order chi connectivity index (χ0) is 67.1. The van der Waals surface area contributed by atoms with Crippen molar-refractivity contribution in [2.24, 2.45) is 22.0 Å². The summed E-state index contributed by atoms with van der Waals surface area (Å²) >= 11 is 0. The second-order valence-corrected chi connectivity index (χ2v) is 27.1. The molecule has 5 N–H and O–H groups in total. The molecule has 1 aromatic heterocycles. The van der Waals surface area contributed by atoms with E-state index in [9.17, 15) is 43.2 Å². The van der Waals surface area contributed by atoms with Crippen molar-refractivity contribution in [3.05, 3.63) is 31.5 Å². The van der Waals surface area contributed by atoms with Crippen molar-refractivity contribution >= 4 is 36.2 Å². The molecule has 2 aliphatic heterocycles. The maximum atomic E-state index is 14.0. The summed E-state index contributed by atoms with van der Waals surface area (Å²) in [6.45, 7) is 23.2. The zero-order valence-corrected chi connectivity index (χ0v) is 57.6. The lowest BCUT2D eigenvalue weighted by Crippen LogP contribution is -2.54. The van der Waals surface area contributed by atoms with Gasteiger partial charge in [0.05, 0.1) is 16.2 Å². The van der Waals surface area contributed by atoms with Crippen molar-refractivity contribution in [2.75, 3.05) is 85.3 Å². The van der Waals surface area contributed by atoms with E-state index in [1.165, 1.54) is 0 Å². The Kier molecular flexibility index (Phi) is 38.7. The Hall–Kier alpha value is -5.49. The Morgan fingerprint density at radius 2 is 0.659 bits per heavy atom. The van der Waals surface area contributed by atoms with E-state index in [0.717, 1.165) is 130 Å². The minimum absolute atomic E-state index is 0.0232. The molecule has 91 heavy (non-hydrogen) atoms. The Morgan fingerprint density at radius 3 is 0.934 bits per heavy atom. The molecule has 24 nitrogen and oxygen atoms in total. The van der Waals surface area contributed by atoms with Crippen molar-refractivity contribution in [2.45, 2.75) is 274 Å². The number of carbonyl (C=O) groups excluding carboxylic acids is 6. The highest BCUT2D eigenvalue weighted by Gasteiger charge is 2.34. The van der Waals surface area contributed by atoms with Crippen molar-refractivity contribution < 1.29 is 57.2 Å². The number of hydrogen-bond acceptors (Lipinski definition) is 18. The van der Waals surface area contributed by atoms with Crippen LogP contribution in [0.1, 0.15) is 236 Å². The topological polar surface area (TPSA) is 292 Å². The van der Waals surface area contributed by atoms with Gasteiger partial charge in [0, 0.05) is 85.1 Å². The van der Waals surface area contributed by atoms with E-state index >= 15 is 0 Å². The first-order valence-electron chi connectivity index (χ1n) is 34.9. The summed E-state index contributed by atoms with van der Waals surface area (Å²) in [5, 5.41) is 8.32. The standard InChI is InChI=1S/C67H121N9O15/c1-10-13-16-25-34-65(4,5)56(77)86-50-53(47-68)89-59(80)69-37-28-19-22-31-40-74-62(83)75(41-32-23-20-29-38-70-60(81)90-54(48-72-43-44-72)51-87-57(78)66(6,7)35-26-17-14-11-2)64(85)76(63(74)84)42-33-24-21-30-39-71-61(82)91-55(49-73-45-46-73)52-88-58(79)67(8,9)36-27-18-15-12-3/h53-55H,10-52,68H2,1-9H3,(H,69,80)(H,70,81)(H,71,82). The lowest BCUT2D eigenvalue weighted by Gasteiger charge is -2.25. The monoisotopic (exact) mass is 1290 g/mol. The number of hydrogen-bond donors (Lipinski definition) is 4. The Morgan fingerprint density at radius 1 is 0.396 bits per heavy atom. The quantitative estimate of drug-likeness (QED) is 0.0204. The third-order valence-electron chi connectivity index (χ3n) is 17.0. The van der Waals surface area contributed by atoms with Gasteiger partial charge in [-0.1, -0.05) is 136 Å². The van der Waals surface area contributed by atoms with Gasteiger partial charge in [0.1, 0.15) is 25.9 Å². The van der Waals surface area contributed by atoms with Crippen LogP contribution in [-0.4, -0.2) is 163 Å². The lowest BCUT2D eigenvalue weighted by molar-refractivity contribution is -0.158. The second kappa shape index (κ2) is 44.2. The summed E-state index contributed by atoms with van der Waals surface area (Å²) in [6, 6.07) is 0. The molecule has 0 spiro atoms. The molecule has 1 aromatic rings. The molecule has 24 heteroatoms. The number of ether oxygens (including phenoxy) is 6. The van der Waals surface area contributed by atoms with Crippen LogP contribution in [0, 0.1) is 16.2 Å². The Balaban J connectivity index is 1.53. The van der Waals surface area contributed by atoms with Crippen molar-refractivity contribution in [3.63, 3.8) is 0 Å². The van der Waals surface area contributed by atoms with Crippen LogP contribution in [0.25, 0.3) is 0 Å². The van der Waals surface area contributed by atoms with E-state index in [2.05, 4.69) is 46.5 Å². The predicted octanol–water partition coefficient (Wildman–Crippen LogP) is 9.35. The Bertz CT molecular complexity index is 2350. The molecule has 524 valence electrons. The van der Waals surface area contributed by atoms with Crippen LogP contribution in [0.3, 0.4) is 0 Å². The van der Waals surface area contributed by atoms with Gasteiger partial charge in [-0.05, 0) is 99.3 Å². The Labute approximate surface area is 543 Å². The molecule has 3 unspecified atom stereocenters. The van der Waals surface area contributed by atoms with Gasteiger partial charge < -0.3 is 50.1 Å². The van der Waals surface area contributed by atoms with Gasteiger partial charge >= 0.3 is 53.3 Å². The third kappa shape index (κ3) is 33.8. The van der Waals surface area contributed by atoms with Gasteiger partial charge in [-0.2, -0.15) is 0 Å². The molecule has 3 amide bonds. The number of nitrogens with zero attached hydrogens (tertiary/aromatic N) is 5. The number of rotatable bonds is 53. The minimum atomic E-state index is -0.808. The number of alkyl carbamates (subject to hydrolysis) is 3. The van der Waals surface area contributed by atoms with E-state index in [0.29, 0.717) is 116 Å². The number of nitrogens with one attached hydrogen (secondary N) is 3. The number of nitrogens with two attached hydrogens (primary N) is 1. The summed E-state index contributed by atoms with van der Waals surface area (Å²) < 4.78 is 37.1. The number of carbonyl (C=O) groups is 6. The molecule has 2 fully saturated rings. The fourth-order valence-electron chi connectivity index (χ4n) is 10.5. The normalized spacial score (nSPS) is 14.4. The summed E-state index contributed by atoms with van der Waals surface area (Å²) in [7, 11) is 0. The van der Waals surface area contributed by atoms with Crippen LogP contribution in [0.5, 0.6) is 0 Å². The molecule has 3 heterocycles. The third-order valence-corrected chi connectivity index (χ3v) is 17.0.